The average Bonchev–Trinajstić information content (AvgIpc) is 2.24. The maximum Gasteiger partial charge on any atom is 0.410 e. The van der Waals surface area contributed by atoms with Gasteiger partial charge in [0.25, 0.3) is 0 Å². The van der Waals surface area contributed by atoms with Crippen molar-refractivity contribution in [3.8, 4) is 0 Å². The second kappa shape index (κ2) is 6.43. The lowest BCUT2D eigenvalue weighted by Crippen LogP contribution is -2.37. The van der Waals surface area contributed by atoms with Crippen molar-refractivity contribution in [2.75, 3.05) is 13.3 Å². The van der Waals surface area contributed by atoms with Crippen LogP contribution in [0, 0.1) is 0 Å². The summed E-state index contributed by atoms with van der Waals surface area (Å²) in [6.45, 7) is 1.92. The highest BCUT2D eigenvalue weighted by atomic mass is 32.2. The van der Waals surface area contributed by atoms with E-state index in [2.05, 4.69) is 16.1 Å². The highest BCUT2D eigenvalue weighted by molar-refractivity contribution is 7.86. The maximum absolute atomic E-state index is 12.5. The number of carbonyl (C=O) groups is 2. The Labute approximate surface area is 107 Å². The number of ether oxygens (including phenoxy) is 2. The van der Waals surface area contributed by atoms with Crippen LogP contribution in [0.1, 0.15) is 6.92 Å². The third kappa shape index (κ3) is 6.10. The molecule has 0 aromatic rings. The minimum atomic E-state index is -5.93. The topological polar surface area (TPSA) is 122 Å². The quantitative estimate of drug-likeness (QED) is 0.315. The minimum absolute atomic E-state index is 0.0409. The number of rotatable bonds is 6. The van der Waals surface area contributed by atoms with Crippen LogP contribution in [0.2, 0.25) is 0 Å². The molecule has 0 aromatic carbocycles. The molecule has 110 valence electrons. The number of alkyl halides is 2. The number of carbonyl (C=O) groups excluding carboxylic acids is 2. The molecule has 0 unspecified atom stereocenters. The molecule has 1 amide bonds. The monoisotopic (exact) mass is 302 g/mol. The molecule has 0 bridgehead atoms. The Morgan fingerprint density at radius 3 is 2.32 bits per heavy atom. The molecule has 0 atom stereocenters. The number of esters is 1. The van der Waals surface area contributed by atoms with Gasteiger partial charge in [-0.3, -0.25) is 5.32 Å². The van der Waals surface area contributed by atoms with Gasteiger partial charge in [-0.2, -0.15) is 8.78 Å². The van der Waals surface area contributed by atoms with Crippen LogP contribution in [0.3, 0.4) is 0 Å². The van der Waals surface area contributed by atoms with Crippen molar-refractivity contribution in [3.05, 3.63) is 12.2 Å². The van der Waals surface area contributed by atoms with E-state index in [0.29, 0.717) is 0 Å². The van der Waals surface area contributed by atoms with Crippen LogP contribution in [0.25, 0.3) is 0 Å². The van der Waals surface area contributed by atoms with Crippen molar-refractivity contribution in [2.24, 2.45) is 0 Å². The van der Waals surface area contributed by atoms with Crippen LogP contribution in [0.5, 0.6) is 0 Å². The molecule has 1 N–H and O–H groups in total. The van der Waals surface area contributed by atoms with Gasteiger partial charge in [-0.05, 0) is 6.92 Å². The van der Waals surface area contributed by atoms with E-state index in [1.165, 1.54) is 6.92 Å². The summed E-state index contributed by atoms with van der Waals surface area (Å²) in [7, 11) is -5.93. The summed E-state index contributed by atoms with van der Waals surface area (Å²) in [6.07, 6.45) is -1.49. The number of hydrogen-bond acceptors (Lipinski definition) is 7. The molecule has 0 saturated heterocycles. The Kier molecular flexibility index (Phi) is 5.83. The first kappa shape index (κ1) is 17.2. The van der Waals surface area contributed by atoms with Crippen molar-refractivity contribution >= 4 is 22.2 Å². The summed E-state index contributed by atoms with van der Waals surface area (Å²) >= 11 is 0. The van der Waals surface area contributed by atoms with Crippen molar-refractivity contribution in [2.45, 2.75) is 12.2 Å². The zero-order chi connectivity index (χ0) is 15.3. The van der Waals surface area contributed by atoms with E-state index >= 15 is 0 Å². The van der Waals surface area contributed by atoms with Gasteiger partial charge in [0.1, 0.15) is 0 Å². The molecule has 0 saturated carbocycles. The molecule has 0 rings (SSSR count). The molecule has 0 aliphatic heterocycles. The normalized spacial score (nSPS) is 11.6. The fraction of sp³-hybridized carbons (Fsp3) is 0.500. The van der Waals surface area contributed by atoms with E-state index < -0.39 is 40.8 Å². The van der Waals surface area contributed by atoms with Crippen LogP contribution in [-0.2, 0) is 24.4 Å². The summed E-state index contributed by atoms with van der Waals surface area (Å²) in [6, 6.07) is 0. The van der Waals surface area contributed by atoms with Gasteiger partial charge in [0.2, 0.25) is 0 Å². The Balaban J connectivity index is 4.08. The Hall–Kier alpha value is -1.75. The molecule has 8 nitrogen and oxygen atoms in total. The molecule has 19 heavy (non-hydrogen) atoms. The Bertz CT molecular complexity index is 473. The van der Waals surface area contributed by atoms with E-state index in [0.717, 1.165) is 0 Å². The lowest BCUT2D eigenvalue weighted by Gasteiger charge is -2.19. The summed E-state index contributed by atoms with van der Waals surface area (Å²) < 4.78 is 63.4. The average molecular weight is 302 g/mol. The van der Waals surface area contributed by atoms with Gasteiger partial charge in [0.15, 0.2) is 23.5 Å². The molecule has 11 heteroatoms. The highest BCUT2D eigenvalue weighted by Crippen LogP contribution is 2.20. The lowest BCUT2D eigenvalue weighted by atomic mass is 10.4. The van der Waals surface area contributed by atoms with Crippen LogP contribution in [0.4, 0.5) is 13.6 Å². The van der Waals surface area contributed by atoms with Gasteiger partial charge in [-0.25, -0.2) is 18.0 Å². The van der Waals surface area contributed by atoms with Gasteiger partial charge < -0.3 is 14.0 Å². The summed E-state index contributed by atoms with van der Waals surface area (Å²) in [5.74, 6) is -0.840. The molecule has 0 heterocycles. The second-order valence-electron chi connectivity index (χ2n) is 3.20. The fourth-order valence-electron chi connectivity index (χ4n) is 0.557. The lowest BCUT2D eigenvalue weighted by molar-refractivity contribution is -0.139. The molecule has 0 fully saturated rings. The summed E-state index contributed by atoms with van der Waals surface area (Å²) in [5, 5.41) is -3.02. The molecular formula is C8H10F2NO7S-. The van der Waals surface area contributed by atoms with E-state index in [1.807, 2.05) is 0 Å². The van der Waals surface area contributed by atoms with Gasteiger partial charge in [0.05, 0.1) is 0 Å². The number of alkyl carbamates (subject to hydrolysis) is 1. The van der Waals surface area contributed by atoms with Crippen LogP contribution in [-0.4, -0.2) is 43.6 Å². The van der Waals surface area contributed by atoms with Crippen LogP contribution < -0.4 is 5.32 Å². The molecule has 0 aliphatic rings. The van der Waals surface area contributed by atoms with E-state index in [9.17, 15) is 31.3 Å². The van der Waals surface area contributed by atoms with Crippen LogP contribution in [0.15, 0.2) is 12.2 Å². The highest BCUT2D eigenvalue weighted by Gasteiger charge is 2.39. The van der Waals surface area contributed by atoms with Gasteiger partial charge in [-0.15, -0.1) is 0 Å². The number of amides is 1. The van der Waals surface area contributed by atoms with E-state index in [4.69, 9.17) is 0 Å². The SMILES string of the molecule is C=C(C)C(=O)OCNC(=O)OCC(F)(F)S(=O)(=O)[O-]. The number of halogens is 2. The van der Waals surface area contributed by atoms with Gasteiger partial charge in [-0.1, -0.05) is 6.58 Å². The molecule has 0 aromatic heterocycles. The predicted octanol–water partition coefficient (Wildman–Crippen LogP) is -0.0726. The van der Waals surface area contributed by atoms with Crippen molar-refractivity contribution in [1.29, 1.82) is 0 Å². The zero-order valence-electron chi connectivity index (χ0n) is 9.64. The van der Waals surface area contributed by atoms with Gasteiger partial charge >= 0.3 is 17.3 Å². The Morgan fingerprint density at radius 2 is 1.89 bits per heavy atom. The minimum Gasteiger partial charge on any atom is -0.743 e. The fourth-order valence-corrected chi connectivity index (χ4v) is 0.760. The first-order valence-electron chi connectivity index (χ1n) is 4.54. The van der Waals surface area contributed by atoms with Crippen molar-refractivity contribution < 1.29 is 40.8 Å². The van der Waals surface area contributed by atoms with E-state index in [1.54, 1.807) is 5.32 Å². The molecule has 0 spiro atoms. The number of nitrogens with one attached hydrogen (secondary N) is 1. The first-order valence-corrected chi connectivity index (χ1v) is 5.94. The molecule has 0 aliphatic carbocycles. The van der Waals surface area contributed by atoms with Gasteiger partial charge in [0, 0.05) is 5.57 Å². The Morgan fingerprint density at radius 1 is 1.37 bits per heavy atom. The third-order valence-electron chi connectivity index (χ3n) is 1.51. The molecule has 0 radical (unpaired) electrons. The summed E-state index contributed by atoms with van der Waals surface area (Å²) in [5.41, 5.74) is 0.0409. The second-order valence-corrected chi connectivity index (χ2v) is 4.71. The standard InChI is InChI=1S/C8H11F2NO7S/c1-5(2)6(12)18-4-11-7(13)17-3-8(9,10)19(14,15)16/h1,3-4H2,2H3,(H,11,13)(H,14,15,16)/p-1. The van der Waals surface area contributed by atoms with Crippen molar-refractivity contribution in [1.82, 2.24) is 5.32 Å². The van der Waals surface area contributed by atoms with Crippen LogP contribution >= 0.6 is 0 Å². The predicted molar refractivity (Wildman–Crippen MR) is 54.9 cm³/mol. The third-order valence-corrected chi connectivity index (χ3v) is 2.35. The first-order chi connectivity index (χ1) is 8.47. The summed E-state index contributed by atoms with van der Waals surface area (Å²) in [4.78, 5) is 21.6. The smallest absolute Gasteiger partial charge is 0.410 e. The largest absolute Gasteiger partial charge is 0.743 e. The maximum atomic E-state index is 12.5. The number of hydrogen-bond donors (Lipinski definition) is 1. The van der Waals surface area contributed by atoms with Crippen molar-refractivity contribution in [3.63, 3.8) is 0 Å². The molecular weight excluding hydrogens is 292 g/mol. The zero-order valence-corrected chi connectivity index (χ0v) is 10.5. The van der Waals surface area contributed by atoms with E-state index in [-0.39, 0.29) is 5.57 Å².